The lowest BCUT2D eigenvalue weighted by Gasteiger charge is -2.28. The van der Waals surface area contributed by atoms with Crippen LogP contribution in [0.25, 0.3) is 0 Å². The molecule has 0 radical (unpaired) electrons. The number of nitrogens with zero attached hydrogens (tertiary/aromatic N) is 4. The normalized spacial score (nSPS) is 11.8. The number of hydrogen-bond donors (Lipinski definition) is 1. The second-order valence-corrected chi connectivity index (χ2v) is 7.70. The quantitative estimate of drug-likeness (QED) is 0.289. The Labute approximate surface area is 184 Å². The number of benzene rings is 1. The third kappa shape index (κ3) is 4.94. The highest BCUT2D eigenvalue weighted by Crippen LogP contribution is 2.32. The minimum Gasteiger partial charge on any atom is -0.497 e. The Morgan fingerprint density at radius 3 is 2.63 bits per heavy atom. The molecule has 0 aliphatic rings. The molecule has 1 atom stereocenters. The molecule has 0 saturated carbocycles. The maximum absolute atomic E-state index is 14.6. The molecule has 0 amide bonds. The molecule has 0 spiro atoms. The van der Waals surface area contributed by atoms with Gasteiger partial charge < -0.3 is 15.0 Å². The summed E-state index contributed by atoms with van der Waals surface area (Å²) in [5.41, 5.74) is 2.00. The Kier molecular flexibility index (Phi) is 7.33. The smallest absolute Gasteiger partial charge is 0.202 e. The molecular formula is C21H23ClFN5OS. The molecule has 0 aliphatic carbocycles. The summed E-state index contributed by atoms with van der Waals surface area (Å²) in [4.78, 5) is 14.5. The van der Waals surface area contributed by atoms with Crippen LogP contribution in [-0.2, 0) is 6.54 Å². The van der Waals surface area contributed by atoms with E-state index in [1.165, 1.54) is 11.8 Å². The van der Waals surface area contributed by atoms with Gasteiger partial charge in [-0.15, -0.1) is 0 Å². The van der Waals surface area contributed by atoms with Gasteiger partial charge in [0.05, 0.1) is 13.2 Å². The second-order valence-electron chi connectivity index (χ2n) is 6.57. The Bertz CT molecular complexity index is 1010. The van der Waals surface area contributed by atoms with E-state index in [-0.39, 0.29) is 17.0 Å². The highest BCUT2D eigenvalue weighted by atomic mass is 35.5. The Morgan fingerprint density at radius 1 is 1.23 bits per heavy atom. The van der Waals surface area contributed by atoms with Crippen LogP contribution >= 0.6 is 23.4 Å². The first-order valence-corrected chi connectivity index (χ1v) is 10.9. The topological polar surface area (TPSA) is 63.2 Å². The zero-order chi connectivity index (χ0) is 21.7. The van der Waals surface area contributed by atoms with Gasteiger partial charge in [0.1, 0.15) is 11.6 Å². The molecule has 6 nitrogen and oxygen atoms in total. The van der Waals surface area contributed by atoms with E-state index in [0.29, 0.717) is 11.7 Å². The summed E-state index contributed by atoms with van der Waals surface area (Å²) in [5, 5.41) is 3.60. The van der Waals surface area contributed by atoms with Crippen LogP contribution in [0.1, 0.15) is 24.1 Å². The number of hydrogen-bond acceptors (Lipinski definition) is 7. The van der Waals surface area contributed by atoms with Crippen molar-refractivity contribution in [2.45, 2.75) is 24.7 Å². The van der Waals surface area contributed by atoms with Crippen molar-refractivity contribution in [3.63, 3.8) is 0 Å². The number of rotatable bonds is 8. The number of methoxy groups -OCH3 is 1. The lowest BCUT2D eigenvalue weighted by molar-refractivity contribution is 0.414. The fourth-order valence-electron chi connectivity index (χ4n) is 2.94. The SMILES string of the molecule is COc1ccc(CNc2ncccc2C(C)N(C)c2nc(SC)nc(Cl)c2F)cc1. The molecule has 0 aliphatic heterocycles. The molecule has 3 rings (SSSR count). The van der Waals surface area contributed by atoms with E-state index in [0.717, 1.165) is 22.7 Å². The van der Waals surface area contributed by atoms with Crippen molar-refractivity contribution in [1.29, 1.82) is 0 Å². The first kappa shape index (κ1) is 22.1. The number of ether oxygens (including phenoxy) is 1. The average Bonchev–Trinajstić information content (AvgIpc) is 2.79. The van der Waals surface area contributed by atoms with Crippen LogP contribution in [0.4, 0.5) is 16.0 Å². The zero-order valence-electron chi connectivity index (χ0n) is 17.2. The average molecular weight is 448 g/mol. The van der Waals surface area contributed by atoms with Crippen molar-refractivity contribution < 1.29 is 9.13 Å². The van der Waals surface area contributed by atoms with Crippen LogP contribution in [0.2, 0.25) is 5.15 Å². The van der Waals surface area contributed by atoms with Gasteiger partial charge in [0.2, 0.25) is 5.82 Å². The third-order valence-electron chi connectivity index (χ3n) is 4.78. The molecule has 30 heavy (non-hydrogen) atoms. The van der Waals surface area contributed by atoms with Crippen molar-refractivity contribution in [2.24, 2.45) is 0 Å². The maximum atomic E-state index is 14.6. The molecule has 0 saturated heterocycles. The Morgan fingerprint density at radius 2 is 1.97 bits per heavy atom. The molecule has 9 heteroatoms. The molecule has 3 aromatic rings. The summed E-state index contributed by atoms with van der Waals surface area (Å²) >= 11 is 7.27. The van der Waals surface area contributed by atoms with Crippen LogP contribution in [0.5, 0.6) is 5.75 Å². The van der Waals surface area contributed by atoms with Crippen molar-refractivity contribution in [2.75, 3.05) is 30.6 Å². The summed E-state index contributed by atoms with van der Waals surface area (Å²) in [6.07, 6.45) is 3.54. The van der Waals surface area contributed by atoms with Gasteiger partial charge >= 0.3 is 0 Å². The third-order valence-corrected chi connectivity index (χ3v) is 5.58. The van der Waals surface area contributed by atoms with Crippen LogP contribution in [0.3, 0.4) is 0 Å². The standard InChI is InChI=1S/C21H23ClFN5OS/c1-13(28(2)20-17(23)18(22)26-21(27-20)30-4)16-6-5-11-24-19(16)25-12-14-7-9-15(29-3)10-8-14/h5-11,13H,12H2,1-4H3,(H,24,25). The lowest BCUT2D eigenvalue weighted by Crippen LogP contribution is -2.25. The minimum atomic E-state index is -0.638. The van der Waals surface area contributed by atoms with Gasteiger partial charge in [-0.2, -0.15) is 4.39 Å². The van der Waals surface area contributed by atoms with Gasteiger partial charge in [-0.05, 0) is 36.9 Å². The van der Waals surface area contributed by atoms with E-state index < -0.39 is 5.82 Å². The predicted molar refractivity (Wildman–Crippen MR) is 120 cm³/mol. The molecular weight excluding hydrogens is 425 g/mol. The second kappa shape index (κ2) is 9.95. The highest BCUT2D eigenvalue weighted by Gasteiger charge is 2.23. The summed E-state index contributed by atoms with van der Waals surface area (Å²) in [5.74, 6) is 1.04. The monoisotopic (exact) mass is 447 g/mol. The van der Waals surface area contributed by atoms with Crippen LogP contribution in [-0.4, -0.2) is 35.4 Å². The first-order chi connectivity index (χ1) is 14.4. The number of thioether (sulfide) groups is 1. The van der Waals surface area contributed by atoms with E-state index in [1.54, 1.807) is 25.3 Å². The summed E-state index contributed by atoms with van der Waals surface area (Å²) in [6.45, 7) is 2.55. The van der Waals surface area contributed by atoms with Gasteiger partial charge in [0.15, 0.2) is 16.1 Å². The molecule has 1 unspecified atom stereocenters. The van der Waals surface area contributed by atoms with Gasteiger partial charge in [0, 0.05) is 25.4 Å². The van der Waals surface area contributed by atoms with E-state index in [2.05, 4.69) is 20.3 Å². The molecule has 1 N–H and O–H groups in total. The van der Waals surface area contributed by atoms with Crippen molar-refractivity contribution in [3.05, 3.63) is 64.7 Å². The van der Waals surface area contributed by atoms with E-state index in [4.69, 9.17) is 16.3 Å². The maximum Gasteiger partial charge on any atom is 0.202 e. The zero-order valence-corrected chi connectivity index (χ0v) is 18.8. The summed E-state index contributed by atoms with van der Waals surface area (Å²) in [6, 6.07) is 11.4. The van der Waals surface area contributed by atoms with Crippen LogP contribution in [0, 0.1) is 5.82 Å². The summed E-state index contributed by atoms with van der Waals surface area (Å²) < 4.78 is 19.8. The van der Waals surface area contributed by atoms with Gasteiger partial charge in [-0.25, -0.2) is 15.0 Å². The number of aromatic nitrogens is 3. The minimum absolute atomic E-state index is 0.150. The molecule has 158 valence electrons. The fraction of sp³-hybridized carbons (Fsp3) is 0.286. The Hall–Kier alpha value is -2.58. The number of pyridine rings is 1. The first-order valence-electron chi connectivity index (χ1n) is 9.26. The molecule has 2 heterocycles. The fourth-order valence-corrected chi connectivity index (χ4v) is 3.51. The van der Waals surface area contributed by atoms with E-state index >= 15 is 0 Å². The van der Waals surface area contributed by atoms with Crippen molar-refractivity contribution in [1.82, 2.24) is 15.0 Å². The van der Waals surface area contributed by atoms with Crippen molar-refractivity contribution in [3.8, 4) is 5.75 Å². The van der Waals surface area contributed by atoms with E-state index in [9.17, 15) is 4.39 Å². The van der Waals surface area contributed by atoms with Crippen molar-refractivity contribution >= 4 is 35.0 Å². The Balaban J connectivity index is 1.82. The summed E-state index contributed by atoms with van der Waals surface area (Å²) in [7, 11) is 3.41. The largest absolute Gasteiger partial charge is 0.497 e. The van der Waals surface area contributed by atoms with Gasteiger partial charge in [-0.3, -0.25) is 0 Å². The molecule has 0 bridgehead atoms. The lowest BCUT2D eigenvalue weighted by atomic mass is 10.1. The molecule has 1 aromatic carbocycles. The predicted octanol–water partition coefficient (Wildman–Crippen LogP) is 5.20. The number of anilines is 2. The van der Waals surface area contributed by atoms with Crippen LogP contribution in [0.15, 0.2) is 47.8 Å². The highest BCUT2D eigenvalue weighted by molar-refractivity contribution is 7.98. The molecule has 2 aromatic heterocycles. The van der Waals surface area contributed by atoms with Crippen LogP contribution < -0.4 is 15.0 Å². The molecule has 0 fully saturated rings. The van der Waals surface area contributed by atoms with E-state index in [1.807, 2.05) is 49.6 Å². The number of nitrogens with one attached hydrogen (secondary N) is 1. The van der Waals surface area contributed by atoms with Gasteiger partial charge in [-0.1, -0.05) is 41.6 Å². The number of halogens is 2. The van der Waals surface area contributed by atoms with Gasteiger partial charge in [0.25, 0.3) is 0 Å².